The highest BCUT2D eigenvalue weighted by Gasteiger charge is 2.29. The van der Waals surface area contributed by atoms with Crippen molar-refractivity contribution in [2.24, 2.45) is 0 Å². The largest absolute Gasteiger partial charge is 0.352 e. The highest BCUT2D eigenvalue weighted by molar-refractivity contribution is 7.89. The molecule has 0 spiro atoms. The van der Waals surface area contributed by atoms with Crippen LogP contribution in [0.3, 0.4) is 0 Å². The van der Waals surface area contributed by atoms with E-state index in [0.717, 1.165) is 12.1 Å². The third-order valence-electron chi connectivity index (χ3n) is 4.39. The van der Waals surface area contributed by atoms with Crippen LogP contribution < -0.4 is 4.90 Å². The van der Waals surface area contributed by atoms with Gasteiger partial charge in [0, 0.05) is 38.6 Å². The fraction of sp³-hybridized carbons (Fsp3) is 0.235. The lowest BCUT2D eigenvalue weighted by Gasteiger charge is -2.34. The van der Waals surface area contributed by atoms with Crippen molar-refractivity contribution in [2.75, 3.05) is 31.1 Å². The van der Waals surface area contributed by atoms with Gasteiger partial charge >= 0.3 is 0 Å². The van der Waals surface area contributed by atoms with Gasteiger partial charge in [-0.1, -0.05) is 0 Å². The van der Waals surface area contributed by atoms with Crippen molar-refractivity contribution in [1.29, 1.82) is 0 Å². The number of hydrogen-bond donors (Lipinski definition) is 0. The second-order valence-electron chi connectivity index (χ2n) is 6.05. The van der Waals surface area contributed by atoms with Crippen molar-refractivity contribution < 1.29 is 12.8 Å². The monoisotopic (exact) mass is 388 g/mol. The molecule has 0 N–H and O–H groups in total. The summed E-state index contributed by atoms with van der Waals surface area (Å²) < 4.78 is 41.4. The molecule has 10 heteroatoms. The molecule has 140 valence electrons. The summed E-state index contributed by atoms with van der Waals surface area (Å²) >= 11 is 0. The Morgan fingerprint density at radius 3 is 2.15 bits per heavy atom. The molecule has 0 radical (unpaired) electrons. The van der Waals surface area contributed by atoms with Crippen LogP contribution in [-0.4, -0.2) is 58.9 Å². The number of piperazine rings is 1. The molecule has 2 aromatic heterocycles. The first-order chi connectivity index (χ1) is 13.0. The third-order valence-corrected chi connectivity index (χ3v) is 6.30. The maximum atomic E-state index is 13.0. The van der Waals surface area contributed by atoms with E-state index in [0.29, 0.717) is 37.8 Å². The summed E-state index contributed by atoms with van der Waals surface area (Å²) in [6.07, 6.45) is 3.44. The summed E-state index contributed by atoms with van der Waals surface area (Å²) in [5.74, 6) is 0.835. The first kappa shape index (κ1) is 17.6. The van der Waals surface area contributed by atoms with Gasteiger partial charge in [0.1, 0.15) is 5.82 Å². The van der Waals surface area contributed by atoms with Gasteiger partial charge in [-0.3, -0.25) is 0 Å². The Morgan fingerprint density at radius 2 is 1.56 bits per heavy atom. The molecular weight excluding hydrogens is 371 g/mol. The van der Waals surface area contributed by atoms with Crippen LogP contribution in [0.15, 0.2) is 59.8 Å². The number of benzene rings is 1. The van der Waals surface area contributed by atoms with E-state index in [1.807, 2.05) is 17.0 Å². The number of aromatic nitrogens is 4. The van der Waals surface area contributed by atoms with Gasteiger partial charge in [0.2, 0.25) is 10.0 Å². The van der Waals surface area contributed by atoms with E-state index in [4.69, 9.17) is 0 Å². The standard InChI is InChI=1S/C17H17FN6O2S/c18-14-2-4-15(5-3-14)27(25,26)23-12-10-22(11-13-23)16-6-7-17(21-20-16)24-9-1-8-19-24/h1-9H,10-13H2. The fourth-order valence-corrected chi connectivity index (χ4v) is 4.35. The van der Waals surface area contributed by atoms with Crippen molar-refractivity contribution in [1.82, 2.24) is 24.3 Å². The van der Waals surface area contributed by atoms with Crippen LogP contribution in [0.2, 0.25) is 0 Å². The molecule has 0 atom stereocenters. The summed E-state index contributed by atoms with van der Waals surface area (Å²) in [4.78, 5) is 2.08. The molecule has 3 heterocycles. The normalized spacial score (nSPS) is 15.8. The minimum absolute atomic E-state index is 0.0979. The number of rotatable bonds is 4. The van der Waals surface area contributed by atoms with E-state index in [1.165, 1.54) is 16.4 Å². The Labute approximate surface area is 155 Å². The Hall–Kier alpha value is -2.85. The number of anilines is 1. The number of nitrogens with zero attached hydrogens (tertiary/aromatic N) is 6. The van der Waals surface area contributed by atoms with Crippen molar-refractivity contribution >= 4 is 15.8 Å². The first-order valence-corrected chi connectivity index (χ1v) is 9.82. The molecule has 0 unspecified atom stereocenters. The quantitative estimate of drug-likeness (QED) is 0.670. The van der Waals surface area contributed by atoms with E-state index in [-0.39, 0.29) is 4.90 Å². The van der Waals surface area contributed by atoms with Gasteiger partial charge in [-0.2, -0.15) is 9.40 Å². The topological polar surface area (TPSA) is 84.2 Å². The summed E-state index contributed by atoms with van der Waals surface area (Å²) in [7, 11) is -3.63. The zero-order chi connectivity index (χ0) is 18.9. The Kier molecular flexibility index (Phi) is 4.58. The summed E-state index contributed by atoms with van der Waals surface area (Å²) in [6.45, 7) is 1.64. The summed E-state index contributed by atoms with van der Waals surface area (Å²) in [5.41, 5.74) is 0. The van der Waals surface area contributed by atoms with Crippen molar-refractivity contribution in [2.45, 2.75) is 4.90 Å². The van der Waals surface area contributed by atoms with E-state index >= 15 is 0 Å². The van der Waals surface area contributed by atoms with E-state index in [2.05, 4.69) is 15.3 Å². The maximum absolute atomic E-state index is 13.0. The average molecular weight is 388 g/mol. The molecule has 0 bridgehead atoms. The van der Waals surface area contributed by atoms with Gasteiger partial charge in [0.05, 0.1) is 4.90 Å². The highest BCUT2D eigenvalue weighted by Crippen LogP contribution is 2.20. The Morgan fingerprint density at radius 1 is 0.889 bits per heavy atom. The summed E-state index contributed by atoms with van der Waals surface area (Å²) in [5, 5.41) is 12.5. The lowest BCUT2D eigenvalue weighted by atomic mass is 10.3. The van der Waals surface area contributed by atoms with E-state index < -0.39 is 15.8 Å². The highest BCUT2D eigenvalue weighted by atomic mass is 32.2. The zero-order valence-electron chi connectivity index (χ0n) is 14.3. The second-order valence-corrected chi connectivity index (χ2v) is 7.98. The predicted molar refractivity (Wildman–Crippen MR) is 96.5 cm³/mol. The Bertz CT molecular complexity index is 999. The van der Waals surface area contributed by atoms with Crippen molar-refractivity contribution in [3.8, 4) is 5.82 Å². The van der Waals surface area contributed by atoms with E-state index in [9.17, 15) is 12.8 Å². The molecule has 0 amide bonds. The van der Waals surface area contributed by atoms with Gasteiger partial charge < -0.3 is 4.90 Å². The fourth-order valence-electron chi connectivity index (χ4n) is 2.93. The molecular formula is C17H17FN6O2S. The van der Waals surface area contributed by atoms with Gasteiger partial charge in [-0.05, 0) is 42.5 Å². The average Bonchev–Trinajstić information content (AvgIpc) is 3.23. The number of halogens is 1. The van der Waals surface area contributed by atoms with Crippen LogP contribution in [0.5, 0.6) is 0 Å². The molecule has 3 aromatic rings. The van der Waals surface area contributed by atoms with Crippen molar-refractivity contribution in [3.05, 3.63) is 60.7 Å². The summed E-state index contributed by atoms with van der Waals surface area (Å²) in [6, 6.07) is 10.3. The molecule has 0 aliphatic carbocycles. The number of sulfonamides is 1. The van der Waals surface area contributed by atoms with Crippen LogP contribution in [0, 0.1) is 5.82 Å². The molecule has 4 rings (SSSR count). The van der Waals surface area contributed by atoms with Crippen LogP contribution in [0.25, 0.3) is 5.82 Å². The van der Waals surface area contributed by atoms with Gasteiger partial charge in [0.15, 0.2) is 11.6 Å². The molecule has 27 heavy (non-hydrogen) atoms. The molecule has 0 saturated carbocycles. The maximum Gasteiger partial charge on any atom is 0.243 e. The molecule has 8 nitrogen and oxygen atoms in total. The van der Waals surface area contributed by atoms with Crippen LogP contribution in [0.1, 0.15) is 0 Å². The lowest BCUT2D eigenvalue weighted by molar-refractivity contribution is 0.383. The van der Waals surface area contributed by atoms with Gasteiger partial charge in [-0.25, -0.2) is 17.5 Å². The van der Waals surface area contributed by atoms with Gasteiger partial charge in [0.25, 0.3) is 0 Å². The van der Waals surface area contributed by atoms with Crippen LogP contribution in [-0.2, 0) is 10.0 Å². The van der Waals surface area contributed by atoms with Crippen LogP contribution >= 0.6 is 0 Å². The van der Waals surface area contributed by atoms with Gasteiger partial charge in [-0.15, -0.1) is 10.2 Å². The van der Waals surface area contributed by atoms with Crippen molar-refractivity contribution in [3.63, 3.8) is 0 Å². The molecule has 1 aliphatic heterocycles. The Balaban J connectivity index is 1.43. The zero-order valence-corrected chi connectivity index (χ0v) is 15.1. The number of hydrogen-bond acceptors (Lipinski definition) is 6. The predicted octanol–water partition coefficient (Wildman–Crippen LogP) is 1.31. The lowest BCUT2D eigenvalue weighted by Crippen LogP contribution is -2.49. The van der Waals surface area contributed by atoms with E-state index in [1.54, 1.807) is 23.1 Å². The minimum atomic E-state index is -3.63. The molecule has 1 aromatic carbocycles. The SMILES string of the molecule is O=S(=O)(c1ccc(F)cc1)N1CCN(c2ccc(-n3cccn3)nn2)CC1. The molecule has 1 saturated heterocycles. The molecule has 1 fully saturated rings. The molecule has 1 aliphatic rings. The third kappa shape index (κ3) is 3.53. The second kappa shape index (κ2) is 7.05. The first-order valence-electron chi connectivity index (χ1n) is 8.38. The smallest absolute Gasteiger partial charge is 0.243 e. The van der Waals surface area contributed by atoms with Crippen LogP contribution in [0.4, 0.5) is 10.2 Å². The minimum Gasteiger partial charge on any atom is -0.352 e.